The quantitative estimate of drug-likeness (QED) is 0.842. The zero-order chi connectivity index (χ0) is 14.0. The first-order chi connectivity index (χ1) is 9.01. The molecule has 0 bridgehead atoms. The molecule has 1 aromatic rings. The number of ether oxygens (including phenoxy) is 2. The van der Waals surface area contributed by atoms with E-state index >= 15 is 0 Å². The van der Waals surface area contributed by atoms with Gasteiger partial charge >= 0.3 is 5.97 Å². The molecule has 2 rings (SSSR count). The maximum atomic E-state index is 10.7. The number of aliphatic hydroxyl groups excluding tert-OH is 1. The number of aliphatic carboxylic acids is 1. The summed E-state index contributed by atoms with van der Waals surface area (Å²) in [4.78, 5) is 10.7. The van der Waals surface area contributed by atoms with E-state index in [1.165, 1.54) is 0 Å². The number of aliphatic hydroxyl groups is 1. The van der Waals surface area contributed by atoms with Gasteiger partial charge in [0.25, 0.3) is 0 Å². The van der Waals surface area contributed by atoms with E-state index in [2.05, 4.69) is 0 Å². The molecule has 0 aromatic heterocycles. The van der Waals surface area contributed by atoms with E-state index < -0.39 is 12.1 Å². The van der Waals surface area contributed by atoms with Crippen molar-refractivity contribution in [3.8, 4) is 11.5 Å². The number of hydrogen-bond acceptors (Lipinski definition) is 4. The van der Waals surface area contributed by atoms with Crippen LogP contribution in [0.25, 0.3) is 0 Å². The summed E-state index contributed by atoms with van der Waals surface area (Å²) in [6.07, 6.45) is -0.493. The van der Waals surface area contributed by atoms with Crippen LogP contribution in [0.15, 0.2) is 12.1 Å². The molecule has 0 aliphatic carbocycles. The van der Waals surface area contributed by atoms with Gasteiger partial charge in [0.2, 0.25) is 0 Å². The van der Waals surface area contributed by atoms with Crippen LogP contribution < -0.4 is 9.47 Å². The van der Waals surface area contributed by atoms with Crippen LogP contribution in [0, 0.1) is 0 Å². The van der Waals surface area contributed by atoms with Gasteiger partial charge in [0.05, 0.1) is 6.61 Å². The summed E-state index contributed by atoms with van der Waals surface area (Å²) in [6, 6.07) is 3.65. The molecule has 1 aliphatic heterocycles. The molecular formula is C14H18O5. The Bertz CT molecular complexity index is 483. The van der Waals surface area contributed by atoms with Gasteiger partial charge in [0, 0.05) is 24.0 Å². The maximum Gasteiger partial charge on any atom is 0.332 e. The maximum absolute atomic E-state index is 10.7. The van der Waals surface area contributed by atoms with Crippen molar-refractivity contribution >= 4 is 5.97 Å². The predicted octanol–water partition coefficient (Wildman–Crippen LogP) is 1.40. The first-order valence-corrected chi connectivity index (χ1v) is 6.37. The van der Waals surface area contributed by atoms with E-state index in [0.29, 0.717) is 17.9 Å². The van der Waals surface area contributed by atoms with Gasteiger partial charge in [-0.15, -0.1) is 0 Å². The normalized spacial score (nSPS) is 18.6. The van der Waals surface area contributed by atoms with Gasteiger partial charge in [0.1, 0.15) is 17.6 Å². The molecule has 0 saturated carbocycles. The third kappa shape index (κ3) is 2.98. The minimum atomic E-state index is -1.43. The van der Waals surface area contributed by atoms with Crippen molar-refractivity contribution in [1.82, 2.24) is 0 Å². The Balaban J connectivity index is 2.30. The molecule has 0 amide bonds. The average molecular weight is 266 g/mol. The lowest BCUT2D eigenvalue weighted by atomic mass is 10.0. The zero-order valence-electron chi connectivity index (χ0n) is 11.0. The molecule has 104 valence electrons. The molecular weight excluding hydrogens is 248 g/mol. The average Bonchev–Trinajstić information content (AvgIpc) is 2.68. The van der Waals surface area contributed by atoms with E-state index in [1.54, 1.807) is 6.07 Å². The number of rotatable bonds is 5. The number of fused-ring (bicyclic) bond motifs is 1. The third-order valence-corrected chi connectivity index (χ3v) is 3.08. The fourth-order valence-corrected chi connectivity index (χ4v) is 2.23. The highest BCUT2D eigenvalue weighted by molar-refractivity contribution is 5.72. The molecule has 2 unspecified atom stereocenters. The number of carboxylic acid groups (broad SMARTS) is 1. The minimum Gasteiger partial charge on any atom is -0.494 e. The van der Waals surface area contributed by atoms with Crippen LogP contribution in [-0.4, -0.2) is 35.0 Å². The largest absolute Gasteiger partial charge is 0.494 e. The second-order valence-electron chi connectivity index (χ2n) is 4.69. The molecule has 1 aromatic carbocycles. The van der Waals surface area contributed by atoms with Crippen LogP contribution in [0.4, 0.5) is 0 Å². The van der Waals surface area contributed by atoms with Gasteiger partial charge < -0.3 is 19.7 Å². The van der Waals surface area contributed by atoms with Crippen LogP contribution in [0.2, 0.25) is 0 Å². The Labute approximate surface area is 111 Å². The number of carbonyl (C=O) groups is 1. The summed E-state index contributed by atoms with van der Waals surface area (Å²) >= 11 is 0. The van der Waals surface area contributed by atoms with Crippen LogP contribution in [0.1, 0.15) is 25.0 Å². The highest BCUT2D eigenvalue weighted by Crippen LogP contribution is 2.35. The molecule has 0 fully saturated rings. The third-order valence-electron chi connectivity index (χ3n) is 3.08. The van der Waals surface area contributed by atoms with Crippen molar-refractivity contribution in [3.63, 3.8) is 0 Å². The SMILES string of the molecule is CCOc1cc2c(cc1CC(O)C(=O)O)OC(C)C2. The van der Waals surface area contributed by atoms with Crippen LogP contribution in [-0.2, 0) is 17.6 Å². The van der Waals surface area contributed by atoms with E-state index in [4.69, 9.17) is 14.6 Å². The van der Waals surface area contributed by atoms with Crippen molar-refractivity contribution in [2.45, 2.75) is 38.9 Å². The topological polar surface area (TPSA) is 76.0 Å². The van der Waals surface area contributed by atoms with E-state index in [1.807, 2.05) is 19.9 Å². The monoisotopic (exact) mass is 266 g/mol. The molecule has 1 aliphatic rings. The molecule has 19 heavy (non-hydrogen) atoms. The highest BCUT2D eigenvalue weighted by Gasteiger charge is 2.24. The Morgan fingerprint density at radius 2 is 2.32 bits per heavy atom. The van der Waals surface area contributed by atoms with Crippen molar-refractivity contribution in [3.05, 3.63) is 23.3 Å². The van der Waals surface area contributed by atoms with Gasteiger partial charge in [-0.25, -0.2) is 4.79 Å². The Hall–Kier alpha value is -1.75. The molecule has 1 heterocycles. The first kappa shape index (κ1) is 13.7. The van der Waals surface area contributed by atoms with Gasteiger partial charge in [-0.05, 0) is 26.0 Å². The number of benzene rings is 1. The fourth-order valence-electron chi connectivity index (χ4n) is 2.23. The van der Waals surface area contributed by atoms with Gasteiger partial charge in [-0.1, -0.05) is 0 Å². The Kier molecular flexibility index (Phi) is 3.95. The lowest BCUT2D eigenvalue weighted by Gasteiger charge is -2.13. The standard InChI is InChI=1S/C14H18O5/c1-3-18-12-6-9-4-8(2)19-13(9)7-10(12)5-11(15)14(16)17/h6-8,11,15H,3-5H2,1-2H3,(H,16,17). The van der Waals surface area contributed by atoms with E-state index in [-0.39, 0.29) is 12.5 Å². The lowest BCUT2D eigenvalue weighted by Crippen LogP contribution is -2.22. The number of carboxylic acids is 1. The summed E-state index contributed by atoms with van der Waals surface area (Å²) < 4.78 is 11.2. The fraction of sp³-hybridized carbons (Fsp3) is 0.500. The summed E-state index contributed by atoms with van der Waals surface area (Å²) in [5.74, 6) is 0.139. The Morgan fingerprint density at radius 3 is 2.95 bits per heavy atom. The predicted molar refractivity (Wildman–Crippen MR) is 68.8 cm³/mol. The van der Waals surface area contributed by atoms with Crippen LogP contribution in [0.5, 0.6) is 11.5 Å². The second kappa shape index (κ2) is 5.48. The highest BCUT2D eigenvalue weighted by atomic mass is 16.5. The number of hydrogen-bond donors (Lipinski definition) is 2. The molecule has 5 nitrogen and oxygen atoms in total. The minimum absolute atomic E-state index is 0.00961. The zero-order valence-corrected chi connectivity index (χ0v) is 11.0. The summed E-state index contributed by atoms with van der Waals surface area (Å²) in [7, 11) is 0. The van der Waals surface area contributed by atoms with E-state index in [9.17, 15) is 9.90 Å². The van der Waals surface area contributed by atoms with Crippen molar-refractivity contribution < 1.29 is 24.5 Å². The van der Waals surface area contributed by atoms with E-state index in [0.717, 1.165) is 17.7 Å². The second-order valence-corrected chi connectivity index (χ2v) is 4.69. The molecule has 2 N–H and O–H groups in total. The van der Waals surface area contributed by atoms with Crippen LogP contribution in [0.3, 0.4) is 0 Å². The summed E-state index contributed by atoms with van der Waals surface area (Å²) in [5.41, 5.74) is 1.72. The lowest BCUT2D eigenvalue weighted by molar-refractivity contribution is -0.146. The summed E-state index contributed by atoms with van der Waals surface area (Å²) in [6.45, 7) is 4.33. The molecule has 2 atom stereocenters. The van der Waals surface area contributed by atoms with Crippen molar-refractivity contribution in [2.24, 2.45) is 0 Å². The van der Waals surface area contributed by atoms with Gasteiger partial charge in [-0.2, -0.15) is 0 Å². The summed E-state index contributed by atoms with van der Waals surface area (Å²) in [5, 5.41) is 18.3. The van der Waals surface area contributed by atoms with Gasteiger partial charge in [0.15, 0.2) is 6.10 Å². The van der Waals surface area contributed by atoms with Crippen molar-refractivity contribution in [2.75, 3.05) is 6.61 Å². The Morgan fingerprint density at radius 1 is 1.58 bits per heavy atom. The van der Waals surface area contributed by atoms with Crippen LogP contribution >= 0.6 is 0 Å². The van der Waals surface area contributed by atoms with Crippen molar-refractivity contribution in [1.29, 1.82) is 0 Å². The van der Waals surface area contributed by atoms with Gasteiger partial charge in [-0.3, -0.25) is 0 Å². The molecule has 0 saturated heterocycles. The first-order valence-electron chi connectivity index (χ1n) is 6.37. The molecule has 0 spiro atoms. The molecule has 5 heteroatoms. The smallest absolute Gasteiger partial charge is 0.332 e. The molecule has 0 radical (unpaired) electrons.